The molecule has 0 heterocycles. The van der Waals surface area contributed by atoms with Gasteiger partial charge in [0, 0.05) is 11.6 Å². The van der Waals surface area contributed by atoms with Crippen LogP contribution in [0.3, 0.4) is 0 Å². The molecule has 1 atom stereocenters. The number of nitro groups is 1. The van der Waals surface area contributed by atoms with Gasteiger partial charge in [-0.05, 0) is 24.6 Å². The molecule has 2 aromatic rings. The third-order valence-corrected chi connectivity index (χ3v) is 3.28. The van der Waals surface area contributed by atoms with E-state index in [9.17, 15) is 14.9 Å². The topological polar surface area (TPSA) is 81.5 Å². The van der Waals surface area contributed by atoms with Crippen molar-refractivity contribution in [1.29, 1.82) is 0 Å². The van der Waals surface area contributed by atoms with Crippen molar-refractivity contribution >= 4 is 11.6 Å². The van der Waals surface area contributed by atoms with Gasteiger partial charge in [0.05, 0.1) is 18.1 Å². The fourth-order valence-corrected chi connectivity index (χ4v) is 2.08. The van der Waals surface area contributed by atoms with Crippen LogP contribution in [-0.4, -0.2) is 17.9 Å². The zero-order chi connectivity index (χ0) is 16.1. The summed E-state index contributed by atoms with van der Waals surface area (Å²) in [6.45, 7) is 1.85. The van der Waals surface area contributed by atoms with E-state index >= 15 is 0 Å². The number of carbonyl (C=O) groups is 1. The second-order valence-electron chi connectivity index (χ2n) is 4.75. The van der Waals surface area contributed by atoms with Gasteiger partial charge in [-0.1, -0.05) is 30.3 Å². The second-order valence-corrected chi connectivity index (χ2v) is 4.75. The summed E-state index contributed by atoms with van der Waals surface area (Å²) in [6.07, 6.45) is 0. The lowest BCUT2D eigenvalue weighted by atomic mass is 10.1. The SMILES string of the molecule is COc1ccc(C(=O)N[C@@H](C)c2ccccc2)cc1[N+](=O)[O-]. The second kappa shape index (κ2) is 6.71. The Labute approximate surface area is 127 Å². The molecule has 0 fully saturated rings. The number of amides is 1. The third-order valence-electron chi connectivity index (χ3n) is 3.28. The molecule has 0 spiro atoms. The molecule has 2 aromatic carbocycles. The normalized spacial score (nSPS) is 11.5. The average Bonchev–Trinajstić information content (AvgIpc) is 2.54. The molecule has 0 aliphatic heterocycles. The lowest BCUT2D eigenvalue weighted by Gasteiger charge is -2.14. The largest absolute Gasteiger partial charge is 0.490 e. The Hall–Kier alpha value is -2.89. The third kappa shape index (κ3) is 3.41. The van der Waals surface area contributed by atoms with Crippen molar-refractivity contribution in [3.05, 3.63) is 69.8 Å². The van der Waals surface area contributed by atoms with Crippen LogP contribution in [0.2, 0.25) is 0 Å². The molecule has 0 aromatic heterocycles. The molecule has 0 aliphatic carbocycles. The number of rotatable bonds is 5. The summed E-state index contributed by atoms with van der Waals surface area (Å²) in [5, 5.41) is 13.8. The highest BCUT2D eigenvalue weighted by Crippen LogP contribution is 2.27. The van der Waals surface area contributed by atoms with Crippen LogP contribution >= 0.6 is 0 Å². The summed E-state index contributed by atoms with van der Waals surface area (Å²) in [5.74, 6) is -0.250. The predicted octanol–water partition coefficient (Wildman–Crippen LogP) is 3.09. The molecule has 0 radical (unpaired) electrons. The van der Waals surface area contributed by atoms with Crippen molar-refractivity contribution in [3.63, 3.8) is 0 Å². The first-order valence-electron chi connectivity index (χ1n) is 6.71. The van der Waals surface area contributed by atoms with E-state index < -0.39 is 4.92 Å². The fraction of sp³-hybridized carbons (Fsp3) is 0.188. The standard InChI is InChI=1S/C16H16N2O4/c1-11(12-6-4-3-5-7-12)17-16(19)13-8-9-15(22-2)14(10-13)18(20)21/h3-11H,1-2H3,(H,17,19)/t11-/m0/s1. The quantitative estimate of drug-likeness (QED) is 0.679. The first kappa shape index (κ1) is 15.5. The number of ether oxygens (including phenoxy) is 1. The molecule has 0 saturated carbocycles. The van der Waals surface area contributed by atoms with E-state index in [1.54, 1.807) is 0 Å². The molecule has 6 heteroatoms. The first-order valence-corrected chi connectivity index (χ1v) is 6.71. The molecule has 0 unspecified atom stereocenters. The Bertz CT molecular complexity index is 686. The van der Waals surface area contributed by atoms with E-state index in [-0.39, 0.29) is 28.9 Å². The fourth-order valence-electron chi connectivity index (χ4n) is 2.08. The molecule has 1 N–H and O–H groups in total. The van der Waals surface area contributed by atoms with Gasteiger partial charge in [0.2, 0.25) is 0 Å². The minimum Gasteiger partial charge on any atom is -0.490 e. The van der Waals surface area contributed by atoms with Gasteiger partial charge in [-0.3, -0.25) is 14.9 Å². The highest BCUT2D eigenvalue weighted by atomic mass is 16.6. The average molecular weight is 300 g/mol. The summed E-state index contributed by atoms with van der Waals surface area (Å²) in [6, 6.07) is 13.4. The number of benzene rings is 2. The molecule has 6 nitrogen and oxygen atoms in total. The van der Waals surface area contributed by atoms with Gasteiger partial charge in [-0.25, -0.2) is 0 Å². The maximum atomic E-state index is 12.2. The lowest BCUT2D eigenvalue weighted by Crippen LogP contribution is -2.26. The highest BCUT2D eigenvalue weighted by molar-refractivity contribution is 5.95. The van der Waals surface area contributed by atoms with Crippen molar-refractivity contribution in [3.8, 4) is 5.75 Å². The van der Waals surface area contributed by atoms with Crippen LogP contribution in [-0.2, 0) is 0 Å². The van der Waals surface area contributed by atoms with Gasteiger partial charge < -0.3 is 10.1 Å². The Balaban J connectivity index is 2.19. The van der Waals surface area contributed by atoms with Crippen LogP contribution in [0.1, 0.15) is 28.9 Å². The lowest BCUT2D eigenvalue weighted by molar-refractivity contribution is -0.385. The molecule has 114 valence electrons. The number of hydrogen-bond donors (Lipinski definition) is 1. The number of nitrogens with zero attached hydrogens (tertiary/aromatic N) is 1. The summed E-state index contributed by atoms with van der Waals surface area (Å²) < 4.78 is 4.92. The molecule has 0 saturated heterocycles. The van der Waals surface area contributed by atoms with E-state index in [1.165, 1.54) is 25.3 Å². The maximum absolute atomic E-state index is 12.2. The van der Waals surface area contributed by atoms with Gasteiger partial charge in [0.25, 0.3) is 5.91 Å². The minimum atomic E-state index is -0.573. The minimum absolute atomic E-state index is 0.123. The molecule has 0 aliphatic rings. The molecule has 2 rings (SSSR count). The van der Waals surface area contributed by atoms with Gasteiger partial charge in [-0.15, -0.1) is 0 Å². The van der Waals surface area contributed by atoms with E-state index in [2.05, 4.69) is 5.32 Å². The Kier molecular flexibility index (Phi) is 4.73. The molecule has 0 bridgehead atoms. The van der Waals surface area contributed by atoms with Crippen LogP contribution < -0.4 is 10.1 Å². The Morgan fingerprint density at radius 2 is 1.91 bits per heavy atom. The summed E-state index contributed by atoms with van der Waals surface area (Å²) in [4.78, 5) is 22.6. The number of methoxy groups -OCH3 is 1. The van der Waals surface area contributed by atoms with Crippen LogP contribution in [0, 0.1) is 10.1 Å². The Morgan fingerprint density at radius 1 is 1.23 bits per heavy atom. The van der Waals surface area contributed by atoms with Crippen LogP contribution in [0.25, 0.3) is 0 Å². The van der Waals surface area contributed by atoms with Gasteiger partial charge in [0.1, 0.15) is 0 Å². The summed E-state index contributed by atoms with van der Waals surface area (Å²) in [7, 11) is 1.35. The van der Waals surface area contributed by atoms with Gasteiger partial charge in [-0.2, -0.15) is 0 Å². The monoisotopic (exact) mass is 300 g/mol. The first-order chi connectivity index (χ1) is 10.5. The molecule has 1 amide bonds. The molecule has 22 heavy (non-hydrogen) atoms. The number of carbonyl (C=O) groups excluding carboxylic acids is 1. The zero-order valence-electron chi connectivity index (χ0n) is 12.3. The van der Waals surface area contributed by atoms with Crippen LogP contribution in [0.4, 0.5) is 5.69 Å². The van der Waals surface area contributed by atoms with E-state index in [0.29, 0.717) is 0 Å². The number of hydrogen-bond acceptors (Lipinski definition) is 4. The van der Waals surface area contributed by atoms with Crippen molar-refractivity contribution in [1.82, 2.24) is 5.32 Å². The zero-order valence-corrected chi connectivity index (χ0v) is 12.3. The van der Waals surface area contributed by atoms with Crippen LogP contribution in [0.15, 0.2) is 48.5 Å². The van der Waals surface area contributed by atoms with E-state index in [0.717, 1.165) is 5.56 Å². The summed E-state index contributed by atoms with van der Waals surface area (Å²) >= 11 is 0. The Morgan fingerprint density at radius 3 is 2.50 bits per heavy atom. The maximum Gasteiger partial charge on any atom is 0.311 e. The van der Waals surface area contributed by atoms with Crippen molar-refractivity contribution in [2.24, 2.45) is 0 Å². The van der Waals surface area contributed by atoms with E-state index in [1.807, 2.05) is 37.3 Å². The van der Waals surface area contributed by atoms with Gasteiger partial charge in [0.15, 0.2) is 5.75 Å². The number of nitro benzene ring substituents is 1. The smallest absolute Gasteiger partial charge is 0.311 e. The summed E-state index contributed by atoms with van der Waals surface area (Å²) in [5.41, 5.74) is 0.941. The predicted molar refractivity (Wildman–Crippen MR) is 82.0 cm³/mol. The van der Waals surface area contributed by atoms with Crippen molar-refractivity contribution < 1.29 is 14.5 Å². The van der Waals surface area contributed by atoms with Crippen molar-refractivity contribution in [2.45, 2.75) is 13.0 Å². The number of nitrogens with one attached hydrogen (secondary N) is 1. The molecular formula is C16H16N2O4. The highest BCUT2D eigenvalue weighted by Gasteiger charge is 2.19. The van der Waals surface area contributed by atoms with Crippen molar-refractivity contribution in [2.75, 3.05) is 7.11 Å². The van der Waals surface area contributed by atoms with Crippen LogP contribution in [0.5, 0.6) is 5.75 Å². The van der Waals surface area contributed by atoms with Gasteiger partial charge >= 0.3 is 5.69 Å². The van der Waals surface area contributed by atoms with E-state index in [4.69, 9.17) is 4.74 Å². The molecular weight excluding hydrogens is 284 g/mol.